The Kier molecular flexibility index (Phi) is 6.30. The van der Waals surface area contributed by atoms with Gasteiger partial charge in [-0.15, -0.1) is 0 Å². The van der Waals surface area contributed by atoms with Gasteiger partial charge in [0, 0.05) is 37.2 Å². The van der Waals surface area contributed by atoms with E-state index >= 15 is 0 Å². The van der Waals surface area contributed by atoms with E-state index in [0.717, 1.165) is 49.2 Å². The van der Waals surface area contributed by atoms with Crippen molar-refractivity contribution in [3.8, 4) is 11.3 Å². The lowest BCUT2D eigenvalue weighted by Crippen LogP contribution is -2.27. The fraction of sp³-hybridized carbons (Fsp3) is 0.286. The molecular formula is C21H23FN4O. The van der Waals surface area contributed by atoms with Gasteiger partial charge < -0.3 is 4.90 Å². The minimum absolute atomic E-state index is 0.000563. The largest absolute Gasteiger partial charge is 0.342 e. The molecule has 0 aliphatic rings. The van der Waals surface area contributed by atoms with Crippen LogP contribution in [0.15, 0.2) is 54.9 Å². The van der Waals surface area contributed by atoms with E-state index in [2.05, 4.69) is 15.2 Å². The number of rotatable bonds is 8. The topological polar surface area (TPSA) is 61.9 Å². The second kappa shape index (κ2) is 9.07. The molecule has 0 bridgehead atoms. The highest BCUT2D eigenvalue weighted by Gasteiger charge is 2.11. The van der Waals surface area contributed by atoms with E-state index in [1.165, 1.54) is 12.1 Å². The molecule has 3 rings (SSSR count). The zero-order valence-corrected chi connectivity index (χ0v) is 15.4. The molecule has 2 heterocycles. The molecule has 1 aromatic carbocycles. The van der Waals surface area contributed by atoms with E-state index in [-0.39, 0.29) is 11.7 Å². The number of carbonyl (C=O) groups is 1. The third-order valence-corrected chi connectivity index (χ3v) is 4.47. The predicted molar refractivity (Wildman–Crippen MR) is 103 cm³/mol. The molecule has 2 aromatic heterocycles. The van der Waals surface area contributed by atoms with Gasteiger partial charge in [-0.05, 0) is 61.7 Å². The second-order valence-corrected chi connectivity index (χ2v) is 6.56. The maximum Gasteiger partial charge on any atom is 0.255 e. The summed E-state index contributed by atoms with van der Waals surface area (Å²) in [4.78, 5) is 18.0. The van der Waals surface area contributed by atoms with E-state index in [1.807, 2.05) is 13.1 Å². The van der Waals surface area contributed by atoms with Crippen LogP contribution in [-0.4, -0.2) is 39.6 Å². The molecule has 0 aliphatic carbocycles. The summed E-state index contributed by atoms with van der Waals surface area (Å²) in [6, 6.07) is 11.9. The summed E-state index contributed by atoms with van der Waals surface area (Å²) in [7, 11) is 1.82. The van der Waals surface area contributed by atoms with Gasteiger partial charge in [0.1, 0.15) is 5.82 Å². The van der Waals surface area contributed by atoms with E-state index in [9.17, 15) is 9.18 Å². The highest BCUT2D eigenvalue weighted by molar-refractivity contribution is 5.93. The monoisotopic (exact) mass is 366 g/mol. The molecule has 0 spiro atoms. The number of unbranched alkanes of at least 4 members (excludes halogenated alkanes) is 2. The number of nitrogens with one attached hydrogen (secondary N) is 1. The van der Waals surface area contributed by atoms with Crippen LogP contribution in [0.1, 0.15) is 35.3 Å². The van der Waals surface area contributed by atoms with Crippen LogP contribution in [0.5, 0.6) is 0 Å². The van der Waals surface area contributed by atoms with E-state index in [4.69, 9.17) is 0 Å². The summed E-state index contributed by atoms with van der Waals surface area (Å²) in [6.07, 6.45) is 7.13. The highest BCUT2D eigenvalue weighted by atomic mass is 19.1. The molecule has 0 saturated carbocycles. The number of hydrogen-bond donors (Lipinski definition) is 1. The normalized spacial score (nSPS) is 10.7. The predicted octanol–water partition coefficient (Wildman–Crippen LogP) is 4.10. The number of carbonyl (C=O) groups excluding carboxylic acids is 1. The van der Waals surface area contributed by atoms with Crippen LogP contribution in [0.2, 0.25) is 0 Å². The number of pyridine rings is 1. The molecule has 1 amide bonds. The molecule has 0 saturated heterocycles. The third-order valence-electron chi connectivity index (χ3n) is 4.47. The lowest BCUT2D eigenvalue weighted by Gasteiger charge is -2.16. The fourth-order valence-electron chi connectivity index (χ4n) is 2.91. The van der Waals surface area contributed by atoms with Crippen molar-refractivity contribution >= 4 is 5.91 Å². The SMILES string of the molecule is CN(CCCCCc1cc(-c2ccc(F)cc2)n[nH]1)C(=O)c1cccnc1. The van der Waals surface area contributed by atoms with Crippen molar-refractivity contribution < 1.29 is 9.18 Å². The van der Waals surface area contributed by atoms with Crippen molar-refractivity contribution in [2.75, 3.05) is 13.6 Å². The molecule has 0 unspecified atom stereocenters. The standard InChI is InChI=1S/C21H23FN4O/c1-26(21(27)17-6-5-12-23-15-17)13-4-2-3-7-19-14-20(25-24-19)16-8-10-18(22)11-9-16/h5-6,8-12,14-15H,2-4,7,13H2,1H3,(H,24,25). The van der Waals surface area contributed by atoms with Gasteiger partial charge in [0.05, 0.1) is 11.3 Å². The Morgan fingerprint density at radius 1 is 1.15 bits per heavy atom. The van der Waals surface area contributed by atoms with Gasteiger partial charge in [-0.3, -0.25) is 14.9 Å². The third kappa shape index (κ3) is 5.23. The average molecular weight is 366 g/mol. The van der Waals surface area contributed by atoms with E-state index in [0.29, 0.717) is 5.56 Å². The smallest absolute Gasteiger partial charge is 0.255 e. The maximum absolute atomic E-state index is 13.0. The zero-order valence-electron chi connectivity index (χ0n) is 15.4. The summed E-state index contributed by atoms with van der Waals surface area (Å²) in [5.41, 5.74) is 3.40. The molecule has 27 heavy (non-hydrogen) atoms. The Bertz CT molecular complexity index is 861. The van der Waals surface area contributed by atoms with Crippen molar-refractivity contribution in [3.05, 3.63) is 71.9 Å². The Labute approximate surface area is 158 Å². The Morgan fingerprint density at radius 2 is 1.96 bits per heavy atom. The molecule has 0 atom stereocenters. The van der Waals surface area contributed by atoms with Crippen molar-refractivity contribution in [3.63, 3.8) is 0 Å². The van der Waals surface area contributed by atoms with Crippen LogP contribution in [0.3, 0.4) is 0 Å². The second-order valence-electron chi connectivity index (χ2n) is 6.56. The molecule has 0 aliphatic heterocycles. The molecular weight excluding hydrogens is 343 g/mol. The number of nitrogens with zero attached hydrogens (tertiary/aromatic N) is 3. The fourth-order valence-corrected chi connectivity index (χ4v) is 2.91. The first kappa shape index (κ1) is 18.8. The van der Waals surface area contributed by atoms with Crippen molar-refractivity contribution in [1.29, 1.82) is 0 Å². The highest BCUT2D eigenvalue weighted by Crippen LogP contribution is 2.19. The first-order chi connectivity index (χ1) is 13.1. The van der Waals surface area contributed by atoms with E-state index < -0.39 is 0 Å². The summed E-state index contributed by atoms with van der Waals surface area (Å²) in [5.74, 6) is -0.248. The van der Waals surface area contributed by atoms with Gasteiger partial charge in [-0.2, -0.15) is 5.10 Å². The number of benzene rings is 1. The quantitative estimate of drug-likeness (QED) is 0.611. The lowest BCUT2D eigenvalue weighted by molar-refractivity contribution is 0.0792. The van der Waals surface area contributed by atoms with Gasteiger partial charge >= 0.3 is 0 Å². The Morgan fingerprint density at radius 3 is 2.70 bits per heavy atom. The van der Waals surface area contributed by atoms with Crippen molar-refractivity contribution in [2.24, 2.45) is 0 Å². The van der Waals surface area contributed by atoms with Crippen LogP contribution < -0.4 is 0 Å². The van der Waals surface area contributed by atoms with Gasteiger partial charge in [-0.25, -0.2) is 4.39 Å². The number of aromatic nitrogens is 3. The summed E-state index contributed by atoms with van der Waals surface area (Å²) in [5, 5.41) is 7.34. The first-order valence-electron chi connectivity index (χ1n) is 9.09. The summed E-state index contributed by atoms with van der Waals surface area (Å²) < 4.78 is 13.0. The van der Waals surface area contributed by atoms with Crippen LogP contribution in [0.4, 0.5) is 4.39 Å². The molecule has 0 radical (unpaired) electrons. The minimum atomic E-state index is -0.249. The zero-order chi connectivity index (χ0) is 19.1. The average Bonchev–Trinajstić information content (AvgIpc) is 3.17. The van der Waals surface area contributed by atoms with Crippen LogP contribution in [-0.2, 0) is 6.42 Å². The van der Waals surface area contributed by atoms with Gasteiger partial charge in [-0.1, -0.05) is 6.42 Å². The Hall–Kier alpha value is -3.02. The molecule has 0 fully saturated rings. The lowest BCUT2D eigenvalue weighted by atomic mass is 10.1. The van der Waals surface area contributed by atoms with Crippen molar-refractivity contribution in [2.45, 2.75) is 25.7 Å². The van der Waals surface area contributed by atoms with E-state index in [1.54, 1.807) is 41.6 Å². The molecule has 140 valence electrons. The number of aromatic amines is 1. The summed E-state index contributed by atoms with van der Waals surface area (Å²) in [6.45, 7) is 0.720. The first-order valence-corrected chi connectivity index (χ1v) is 9.09. The number of halogens is 1. The van der Waals surface area contributed by atoms with Crippen LogP contribution in [0.25, 0.3) is 11.3 Å². The van der Waals surface area contributed by atoms with Gasteiger partial charge in [0.2, 0.25) is 0 Å². The Balaban J connectivity index is 1.39. The number of aryl methyl sites for hydroxylation is 1. The van der Waals surface area contributed by atoms with Gasteiger partial charge in [0.25, 0.3) is 5.91 Å². The summed E-state index contributed by atoms with van der Waals surface area (Å²) >= 11 is 0. The van der Waals surface area contributed by atoms with Gasteiger partial charge in [0.15, 0.2) is 0 Å². The molecule has 1 N–H and O–H groups in total. The maximum atomic E-state index is 13.0. The number of hydrogen-bond acceptors (Lipinski definition) is 3. The van der Waals surface area contributed by atoms with Crippen LogP contribution >= 0.6 is 0 Å². The number of H-pyrrole nitrogens is 1. The molecule has 3 aromatic rings. The minimum Gasteiger partial charge on any atom is -0.342 e. The number of amides is 1. The molecule has 5 nitrogen and oxygen atoms in total. The molecule has 6 heteroatoms. The van der Waals surface area contributed by atoms with Crippen molar-refractivity contribution in [1.82, 2.24) is 20.1 Å². The van der Waals surface area contributed by atoms with Crippen LogP contribution in [0, 0.1) is 5.82 Å².